The molecular weight excluding hydrogens is 443 g/mol. The van der Waals surface area contributed by atoms with Crippen LogP contribution in [0.1, 0.15) is 28.4 Å². The number of carbonyl (C=O) groups is 1. The van der Waals surface area contributed by atoms with Crippen molar-refractivity contribution in [3.8, 4) is 5.69 Å². The highest BCUT2D eigenvalue weighted by Gasteiger charge is 2.21. The molecule has 0 aliphatic heterocycles. The van der Waals surface area contributed by atoms with Gasteiger partial charge in [-0.2, -0.15) is 0 Å². The van der Waals surface area contributed by atoms with E-state index in [1.807, 2.05) is 0 Å². The molecule has 0 fully saturated rings. The molecule has 0 aliphatic rings. The van der Waals surface area contributed by atoms with E-state index in [1.165, 1.54) is 12.5 Å². The molecule has 0 bridgehead atoms. The van der Waals surface area contributed by atoms with Gasteiger partial charge in [0.05, 0.1) is 27.6 Å². The number of benzene rings is 1. The lowest BCUT2D eigenvalue weighted by Gasteiger charge is -2.14. The summed E-state index contributed by atoms with van der Waals surface area (Å²) in [6.07, 6.45) is 4.77. The SMILES string of the molecule is COCC[C@@H](N)c1cncc(NC(=O)c2c(N)ncn(-c3c(Cl)cccc3Cl)c2=O)c1. The molecule has 162 valence electrons. The Labute approximate surface area is 188 Å². The van der Waals surface area contributed by atoms with Crippen molar-refractivity contribution in [1.82, 2.24) is 14.5 Å². The van der Waals surface area contributed by atoms with Crippen LogP contribution in [0, 0.1) is 0 Å². The Hall–Kier alpha value is -2.98. The molecule has 0 saturated carbocycles. The highest BCUT2D eigenvalue weighted by atomic mass is 35.5. The number of rotatable bonds is 7. The Kier molecular flexibility index (Phi) is 7.24. The fourth-order valence-corrected chi connectivity index (χ4v) is 3.47. The summed E-state index contributed by atoms with van der Waals surface area (Å²) < 4.78 is 6.11. The Morgan fingerprint density at radius 3 is 2.68 bits per heavy atom. The number of hydrogen-bond donors (Lipinski definition) is 3. The molecule has 0 spiro atoms. The van der Waals surface area contributed by atoms with Crippen molar-refractivity contribution >= 4 is 40.6 Å². The summed E-state index contributed by atoms with van der Waals surface area (Å²) in [6.45, 7) is 0.480. The predicted molar refractivity (Wildman–Crippen MR) is 120 cm³/mol. The van der Waals surface area contributed by atoms with Gasteiger partial charge in [0.15, 0.2) is 0 Å². The zero-order valence-corrected chi connectivity index (χ0v) is 18.0. The first-order valence-electron chi connectivity index (χ1n) is 9.15. The average molecular weight is 463 g/mol. The average Bonchev–Trinajstić information content (AvgIpc) is 2.73. The van der Waals surface area contributed by atoms with Crippen LogP contribution in [0.15, 0.2) is 47.8 Å². The third-order valence-corrected chi connectivity index (χ3v) is 5.09. The van der Waals surface area contributed by atoms with Crippen LogP contribution in [-0.4, -0.2) is 34.2 Å². The fourth-order valence-electron chi connectivity index (χ4n) is 2.89. The Morgan fingerprint density at radius 2 is 2.00 bits per heavy atom. The third kappa shape index (κ3) is 5.02. The van der Waals surface area contributed by atoms with Gasteiger partial charge >= 0.3 is 0 Å². The highest BCUT2D eigenvalue weighted by Crippen LogP contribution is 2.27. The number of anilines is 2. The van der Waals surface area contributed by atoms with Gasteiger partial charge < -0.3 is 21.5 Å². The van der Waals surface area contributed by atoms with Crippen LogP contribution in [0.4, 0.5) is 11.5 Å². The van der Waals surface area contributed by atoms with Crippen molar-refractivity contribution in [3.05, 3.63) is 74.5 Å². The Bertz CT molecular complexity index is 1150. The second kappa shape index (κ2) is 9.88. The maximum absolute atomic E-state index is 13.0. The van der Waals surface area contributed by atoms with E-state index in [0.717, 1.165) is 4.57 Å². The molecule has 3 rings (SSSR count). The van der Waals surface area contributed by atoms with Crippen molar-refractivity contribution in [2.24, 2.45) is 5.73 Å². The maximum Gasteiger partial charge on any atom is 0.273 e. The molecule has 0 saturated heterocycles. The lowest BCUT2D eigenvalue weighted by Crippen LogP contribution is -2.31. The van der Waals surface area contributed by atoms with E-state index < -0.39 is 11.5 Å². The van der Waals surface area contributed by atoms with Crippen molar-refractivity contribution in [3.63, 3.8) is 0 Å². The summed E-state index contributed by atoms with van der Waals surface area (Å²) in [6, 6.07) is 6.10. The van der Waals surface area contributed by atoms with E-state index in [-0.39, 0.29) is 33.2 Å². The first-order valence-corrected chi connectivity index (χ1v) is 9.91. The van der Waals surface area contributed by atoms with Gasteiger partial charge in [-0.05, 0) is 30.2 Å². The van der Waals surface area contributed by atoms with Gasteiger partial charge in [0.1, 0.15) is 17.7 Å². The summed E-state index contributed by atoms with van der Waals surface area (Å²) in [7, 11) is 1.59. The molecule has 1 aromatic carbocycles. The highest BCUT2D eigenvalue weighted by molar-refractivity contribution is 6.37. The van der Waals surface area contributed by atoms with E-state index in [4.69, 9.17) is 39.4 Å². The topological polar surface area (TPSA) is 138 Å². The summed E-state index contributed by atoms with van der Waals surface area (Å²) in [5.74, 6) is -0.986. The number of carbonyl (C=O) groups excluding carboxylic acids is 1. The maximum atomic E-state index is 13.0. The molecule has 1 atom stereocenters. The number of nitrogens with two attached hydrogens (primary N) is 2. The van der Waals surface area contributed by atoms with Crippen LogP contribution in [0.3, 0.4) is 0 Å². The zero-order valence-electron chi connectivity index (χ0n) is 16.5. The molecule has 0 unspecified atom stereocenters. The van der Waals surface area contributed by atoms with Gasteiger partial charge in [-0.3, -0.25) is 19.1 Å². The third-order valence-electron chi connectivity index (χ3n) is 4.49. The molecule has 11 heteroatoms. The van der Waals surface area contributed by atoms with Crippen LogP contribution in [0.2, 0.25) is 10.0 Å². The minimum atomic E-state index is -0.753. The summed E-state index contributed by atoms with van der Waals surface area (Å²) in [5, 5.41) is 3.05. The van der Waals surface area contributed by atoms with Crippen molar-refractivity contribution in [2.75, 3.05) is 24.8 Å². The van der Waals surface area contributed by atoms with Crippen molar-refractivity contribution in [2.45, 2.75) is 12.5 Å². The van der Waals surface area contributed by atoms with Gasteiger partial charge in [0, 0.05) is 26.0 Å². The summed E-state index contributed by atoms with van der Waals surface area (Å²) in [5.41, 5.74) is 12.1. The number of ether oxygens (including phenoxy) is 1. The number of hydrogen-bond acceptors (Lipinski definition) is 7. The van der Waals surface area contributed by atoms with Crippen LogP contribution < -0.4 is 22.3 Å². The molecule has 3 aromatic rings. The van der Waals surface area contributed by atoms with Gasteiger partial charge in [0.25, 0.3) is 11.5 Å². The second-order valence-electron chi connectivity index (χ2n) is 6.60. The van der Waals surface area contributed by atoms with Gasteiger partial charge in [0.2, 0.25) is 0 Å². The second-order valence-corrected chi connectivity index (χ2v) is 7.41. The molecule has 0 aliphatic carbocycles. The summed E-state index contributed by atoms with van der Waals surface area (Å²) in [4.78, 5) is 34.0. The van der Waals surface area contributed by atoms with Gasteiger partial charge in [-0.15, -0.1) is 0 Å². The van der Waals surface area contributed by atoms with Gasteiger partial charge in [-0.1, -0.05) is 29.3 Å². The number of methoxy groups -OCH3 is 1. The molecule has 31 heavy (non-hydrogen) atoms. The number of nitrogens with zero attached hydrogens (tertiary/aromatic N) is 3. The van der Waals surface area contributed by atoms with Crippen molar-refractivity contribution < 1.29 is 9.53 Å². The quantitative estimate of drug-likeness (QED) is 0.490. The van der Waals surface area contributed by atoms with Crippen LogP contribution >= 0.6 is 23.2 Å². The minimum Gasteiger partial charge on any atom is -0.385 e. The van der Waals surface area contributed by atoms with Crippen LogP contribution in [-0.2, 0) is 4.74 Å². The molecule has 5 N–H and O–H groups in total. The Morgan fingerprint density at radius 1 is 1.29 bits per heavy atom. The number of amides is 1. The lowest BCUT2D eigenvalue weighted by atomic mass is 10.1. The van der Waals surface area contributed by atoms with E-state index in [0.29, 0.717) is 24.3 Å². The van der Waals surface area contributed by atoms with Crippen LogP contribution in [0.5, 0.6) is 0 Å². The van der Waals surface area contributed by atoms with E-state index in [1.54, 1.807) is 37.6 Å². The van der Waals surface area contributed by atoms with Gasteiger partial charge in [-0.25, -0.2) is 4.98 Å². The monoisotopic (exact) mass is 462 g/mol. The number of nitrogens with one attached hydrogen (secondary N) is 1. The fraction of sp³-hybridized carbons (Fsp3) is 0.200. The number of aromatic nitrogens is 3. The lowest BCUT2D eigenvalue weighted by molar-refractivity contribution is 0.102. The number of halogens is 2. The number of nitrogen functional groups attached to an aromatic ring is 1. The van der Waals surface area contributed by atoms with E-state index >= 15 is 0 Å². The van der Waals surface area contributed by atoms with Crippen LogP contribution in [0.25, 0.3) is 5.69 Å². The molecule has 2 aromatic heterocycles. The Balaban J connectivity index is 1.94. The smallest absolute Gasteiger partial charge is 0.273 e. The standard InChI is InChI=1S/C20H20Cl2N6O3/c1-31-6-5-15(23)11-7-12(9-25-8-11)27-19(29)16-18(24)26-10-28(20(16)30)17-13(21)3-2-4-14(17)22/h2-4,7-10,15H,5-6,23-24H2,1H3,(H,27,29)/t15-/m1/s1. The summed E-state index contributed by atoms with van der Waals surface area (Å²) >= 11 is 12.4. The number of para-hydroxylation sites is 1. The molecule has 0 radical (unpaired) electrons. The molecule has 2 heterocycles. The molecule has 9 nitrogen and oxygen atoms in total. The van der Waals surface area contributed by atoms with Crippen molar-refractivity contribution in [1.29, 1.82) is 0 Å². The largest absolute Gasteiger partial charge is 0.385 e. The van der Waals surface area contributed by atoms with E-state index in [2.05, 4.69) is 15.3 Å². The van der Waals surface area contributed by atoms with E-state index in [9.17, 15) is 9.59 Å². The first kappa shape index (κ1) is 22.7. The first-order chi connectivity index (χ1) is 14.8. The predicted octanol–water partition coefficient (Wildman–Crippen LogP) is 2.81. The number of pyridine rings is 1. The molecular formula is C20H20Cl2N6O3. The minimum absolute atomic E-state index is 0.199. The molecule has 1 amide bonds. The normalized spacial score (nSPS) is 11.9. The zero-order chi connectivity index (χ0) is 22.5.